The van der Waals surface area contributed by atoms with Crippen molar-refractivity contribution in [2.75, 3.05) is 20.1 Å². The molecule has 0 aromatic heterocycles. The Morgan fingerprint density at radius 1 is 1.36 bits per heavy atom. The Kier molecular flexibility index (Phi) is 3.93. The van der Waals surface area contributed by atoms with Crippen molar-refractivity contribution in [2.24, 2.45) is 0 Å². The van der Waals surface area contributed by atoms with Crippen molar-refractivity contribution in [1.29, 1.82) is 0 Å². The molecule has 0 N–H and O–H groups in total. The maximum Gasteiger partial charge on any atom is 0.219 e. The number of amides is 1. The third-order valence-electron chi connectivity index (χ3n) is 3.27. The van der Waals surface area contributed by atoms with Crippen molar-refractivity contribution in [3.8, 4) is 0 Å². The van der Waals surface area contributed by atoms with Gasteiger partial charge in [0, 0.05) is 39.1 Å². The highest BCUT2D eigenvalue weighted by molar-refractivity contribution is 5.73. The molecule has 0 unspecified atom stereocenters. The van der Waals surface area contributed by atoms with Gasteiger partial charge in [0.1, 0.15) is 0 Å². The molecule has 1 aliphatic heterocycles. The number of carbonyl (C=O) groups excluding carboxylic acids is 1. The fraction of sp³-hybridized carbons (Fsp3) is 0.909. The summed E-state index contributed by atoms with van der Waals surface area (Å²) in [7, 11) is 1.91. The van der Waals surface area contributed by atoms with E-state index in [-0.39, 0.29) is 5.91 Å². The number of rotatable bonds is 2. The van der Waals surface area contributed by atoms with Crippen molar-refractivity contribution in [3.05, 3.63) is 0 Å². The number of hydrogen-bond acceptors (Lipinski definition) is 2. The molecular formula is C11H22N2O. The minimum Gasteiger partial charge on any atom is -0.343 e. The quantitative estimate of drug-likeness (QED) is 0.668. The van der Waals surface area contributed by atoms with Gasteiger partial charge in [0.05, 0.1) is 0 Å². The van der Waals surface area contributed by atoms with Crippen molar-refractivity contribution >= 4 is 5.91 Å². The van der Waals surface area contributed by atoms with Gasteiger partial charge in [-0.3, -0.25) is 4.79 Å². The molecule has 1 amide bonds. The molecule has 82 valence electrons. The zero-order chi connectivity index (χ0) is 10.7. The average Bonchev–Trinajstić information content (AvgIpc) is 2.16. The highest BCUT2D eigenvalue weighted by Gasteiger charge is 2.24. The van der Waals surface area contributed by atoms with Crippen LogP contribution in [0.5, 0.6) is 0 Å². The summed E-state index contributed by atoms with van der Waals surface area (Å²) in [4.78, 5) is 15.5. The molecular weight excluding hydrogens is 176 g/mol. The molecule has 0 spiro atoms. The van der Waals surface area contributed by atoms with Gasteiger partial charge in [0.2, 0.25) is 5.91 Å². The smallest absolute Gasteiger partial charge is 0.219 e. The Morgan fingerprint density at radius 3 is 2.21 bits per heavy atom. The molecule has 0 aromatic rings. The summed E-state index contributed by atoms with van der Waals surface area (Å²) < 4.78 is 0. The molecule has 3 nitrogen and oxygen atoms in total. The number of hydrogen-bond donors (Lipinski definition) is 0. The third kappa shape index (κ3) is 2.71. The van der Waals surface area contributed by atoms with Gasteiger partial charge in [-0.2, -0.15) is 0 Å². The van der Waals surface area contributed by atoms with Crippen molar-refractivity contribution in [1.82, 2.24) is 9.80 Å². The average molecular weight is 198 g/mol. The summed E-state index contributed by atoms with van der Waals surface area (Å²) in [6, 6.07) is 1.10. The largest absolute Gasteiger partial charge is 0.343 e. The Bertz CT molecular complexity index is 195. The SMILES string of the molecule is CC(=O)N(C)C1CCN(C(C)C)CC1. The van der Waals surface area contributed by atoms with Crippen molar-refractivity contribution < 1.29 is 4.79 Å². The van der Waals surface area contributed by atoms with Crippen LogP contribution < -0.4 is 0 Å². The summed E-state index contributed by atoms with van der Waals surface area (Å²) >= 11 is 0. The van der Waals surface area contributed by atoms with Crippen LogP contribution in [0.2, 0.25) is 0 Å². The van der Waals surface area contributed by atoms with E-state index in [9.17, 15) is 4.79 Å². The van der Waals surface area contributed by atoms with Crippen molar-refractivity contribution in [2.45, 2.75) is 45.7 Å². The predicted octanol–water partition coefficient (Wildman–Crippen LogP) is 1.34. The van der Waals surface area contributed by atoms with Crippen LogP contribution in [0.4, 0.5) is 0 Å². The lowest BCUT2D eigenvalue weighted by atomic mass is 10.0. The van der Waals surface area contributed by atoms with E-state index in [0.29, 0.717) is 12.1 Å². The third-order valence-corrected chi connectivity index (χ3v) is 3.27. The van der Waals surface area contributed by atoms with E-state index in [0.717, 1.165) is 25.9 Å². The second-order valence-corrected chi connectivity index (χ2v) is 4.49. The number of likely N-dealkylation sites (tertiary alicyclic amines) is 1. The highest BCUT2D eigenvalue weighted by atomic mass is 16.2. The first-order valence-corrected chi connectivity index (χ1v) is 5.49. The van der Waals surface area contributed by atoms with Gasteiger partial charge in [-0.1, -0.05) is 0 Å². The van der Waals surface area contributed by atoms with Crippen LogP contribution in [0.15, 0.2) is 0 Å². The zero-order valence-corrected chi connectivity index (χ0v) is 9.79. The molecule has 0 atom stereocenters. The van der Waals surface area contributed by atoms with E-state index < -0.39 is 0 Å². The molecule has 0 aliphatic carbocycles. The van der Waals surface area contributed by atoms with Gasteiger partial charge in [0.25, 0.3) is 0 Å². The van der Waals surface area contributed by atoms with E-state index in [4.69, 9.17) is 0 Å². The van der Waals surface area contributed by atoms with Crippen LogP contribution in [0.25, 0.3) is 0 Å². The standard InChI is InChI=1S/C11H22N2O/c1-9(2)13-7-5-11(6-8-13)12(4)10(3)14/h9,11H,5-8H2,1-4H3. The van der Waals surface area contributed by atoms with Gasteiger partial charge in [-0.15, -0.1) is 0 Å². The monoisotopic (exact) mass is 198 g/mol. The Labute approximate surface area is 87.1 Å². The minimum absolute atomic E-state index is 0.188. The second-order valence-electron chi connectivity index (χ2n) is 4.49. The number of nitrogens with zero attached hydrogens (tertiary/aromatic N) is 2. The summed E-state index contributed by atoms with van der Waals surface area (Å²) in [6.07, 6.45) is 2.24. The molecule has 1 rings (SSSR count). The van der Waals surface area contributed by atoms with E-state index in [1.54, 1.807) is 6.92 Å². The molecule has 1 aliphatic rings. The normalized spacial score (nSPS) is 20.1. The summed E-state index contributed by atoms with van der Waals surface area (Å²) in [5.41, 5.74) is 0. The molecule has 14 heavy (non-hydrogen) atoms. The van der Waals surface area contributed by atoms with Crippen LogP contribution in [-0.4, -0.2) is 47.9 Å². The lowest BCUT2D eigenvalue weighted by Crippen LogP contribution is -2.46. The number of carbonyl (C=O) groups is 1. The molecule has 1 saturated heterocycles. The molecule has 0 saturated carbocycles. The molecule has 1 fully saturated rings. The maximum atomic E-state index is 11.2. The molecule has 0 bridgehead atoms. The minimum atomic E-state index is 0.188. The van der Waals surface area contributed by atoms with E-state index in [1.807, 2.05) is 11.9 Å². The Hall–Kier alpha value is -0.570. The summed E-state index contributed by atoms with van der Waals surface area (Å²) in [5.74, 6) is 0.188. The molecule has 0 aromatic carbocycles. The molecule has 1 heterocycles. The van der Waals surface area contributed by atoms with Gasteiger partial charge < -0.3 is 9.80 Å². The highest BCUT2D eigenvalue weighted by Crippen LogP contribution is 2.16. The first-order chi connectivity index (χ1) is 6.52. The lowest BCUT2D eigenvalue weighted by Gasteiger charge is -2.38. The maximum absolute atomic E-state index is 11.2. The predicted molar refractivity (Wildman–Crippen MR) is 58.2 cm³/mol. The van der Waals surface area contributed by atoms with Gasteiger partial charge in [0.15, 0.2) is 0 Å². The molecule has 3 heteroatoms. The first-order valence-electron chi connectivity index (χ1n) is 5.49. The Balaban J connectivity index is 2.39. The lowest BCUT2D eigenvalue weighted by molar-refractivity contribution is -0.130. The van der Waals surface area contributed by atoms with Crippen LogP contribution in [-0.2, 0) is 4.79 Å². The van der Waals surface area contributed by atoms with Gasteiger partial charge in [-0.05, 0) is 26.7 Å². The topological polar surface area (TPSA) is 23.6 Å². The first kappa shape index (κ1) is 11.5. The Morgan fingerprint density at radius 2 is 1.86 bits per heavy atom. The number of piperidine rings is 1. The van der Waals surface area contributed by atoms with E-state index in [2.05, 4.69) is 18.7 Å². The molecule has 0 radical (unpaired) electrons. The van der Waals surface area contributed by atoms with Crippen LogP contribution in [0.1, 0.15) is 33.6 Å². The summed E-state index contributed by atoms with van der Waals surface area (Å²) in [6.45, 7) is 8.36. The van der Waals surface area contributed by atoms with Gasteiger partial charge >= 0.3 is 0 Å². The van der Waals surface area contributed by atoms with E-state index >= 15 is 0 Å². The second kappa shape index (κ2) is 4.78. The fourth-order valence-corrected chi connectivity index (χ4v) is 2.05. The zero-order valence-electron chi connectivity index (χ0n) is 9.79. The van der Waals surface area contributed by atoms with Crippen LogP contribution in [0, 0.1) is 0 Å². The van der Waals surface area contributed by atoms with Gasteiger partial charge in [-0.25, -0.2) is 0 Å². The van der Waals surface area contributed by atoms with Crippen molar-refractivity contribution in [3.63, 3.8) is 0 Å². The fourth-order valence-electron chi connectivity index (χ4n) is 2.05. The van der Waals surface area contributed by atoms with Crippen LogP contribution in [0.3, 0.4) is 0 Å². The van der Waals surface area contributed by atoms with Crippen LogP contribution >= 0.6 is 0 Å². The summed E-state index contributed by atoms with van der Waals surface area (Å²) in [5, 5.41) is 0. The van der Waals surface area contributed by atoms with E-state index in [1.165, 1.54) is 0 Å².